The first-order chi connectivity index (χ1) is 23.2. The Kier molecular flexibility index (Phi) is 19.6. The number of carboxylic acid groups (broad SMARTS) is 1. The SMILES string of the molecule is CCCCCCCCCCCCCCCCCC(C)(C)NC(=O)NC1CCCCCC1C(CNC(=O)C1OC(C)(C)OCC1(C)C)C(=O)O. The highest BCUT2D eigenvalue weighted by Gasteiger charge is 2.46. The summed E-state index contributed by atoms with van der Waals surface area (Å²) in [4.78, 5) is 39.1. The minimum absolute atomic E-state index is 0.0133. The van der Waals surface area contributed by atoms with Gasteiger partial charge in [-0.15, -0.1) is 0 Å². The van der Waals surface area contributed by atoms with Gasteiger partial charge in [0, 0.05) is 23.5 Å². The zero-order valence-electron chi connectivity index (χ0n) is 32.6. The highest BCUT2D eigenvalue weighted by Crippen LogP contribution is 2.35. The van der Waals surface area contributed by atoms with Crippen molar-refractivity contribution in [2.75, 3.05) is 13.2 Å². The maximum atomic E-state index is 13.3. The van der Waals surface area contributed by atoms with Crippen molar-refractivity contribution in [3.05, 3.63) is 0 Å². The number of nitrogens with one attached hydrogen (secondary N) is 3. The van der Waals surface area contributed by atoms with Gasteiger partial charge in [-0.05, 0) is 52.9 Å². The molecule has 4 atom stereocenters. The highest BCUT2D eigenvalue weighted by molar-refractivity contribution is 5.82. The summed E-state index contributed by atoms with van der Waals surface area (Å²) in [5, 5.41) is 19.5. The number of hydrogen-bond acceptors (Lipinski definition) is 5. The number of carbonyl (C=O) groups is 3. The summed E-state index contributed by atoms with van der Waals surface area (Å²) in [6.07, 6.45) is 24.3. The fraction of sp³-hybridized carbons (Fsp3) is 0.925. The van der Waals surface area contributed by atoms with Crippen molar-refractivity contribution >= 4 is 17.9 Å². The van der Waals surface area contributed by atoms with Crippen LogP contribution in [0.5, 0.6) is 0 Å². The molecule has 0 aromatic heterocycles. The van der Waals surface area contributed by atoms with Crippen LogP contribution in [0.3, 0.4) is 0 Å². The van der Waals surface area contributed by atoms with Crippen molar-refractivity contribution in [1.82, 2.24) is 16.0 Å². The molecule has 1 aliphatic carbocycles. The third-order valence-corrected chi connectivity index (χ3v) is 10.7. The summed E-state index contributed by atoms with van der Waals surface area (Å²) in [5.74, 6) is -3.29. The van der Waals surface area contributed by atoms with Crippen molar-refractivity contribution in [2.24, 2.45) is 17.3 Å². The van der Waals surface area contributed by atoms with E-state index in [9.17, 15) is 19.5 Å². The maximum Gasteiger partial charge on any atom is 0.315 e. The monoisotopic (exact) mass is 694 g/mol. The summed E-state index contributed by atoms with van der Waals surface area (Å²) in [5.41, 5.74) is -0.909. The van der Waals surface area contributed by atoms with Gasteiger partial charge in [-0.1, -0.05) is 136 Å². The zero-order chi connectivity index (χ0) is 36.3. The Hall–Kier alpha value is -1.87. The standard InChI is InChI=1S/C40H75N3O6/c1-8-9-10-11-12-13-14-15-16-17-18-19-20-21-25-28-39(4,5)43-37(47)42-33-27-24-22-23-26-31(33)32(36(45)46)29-41-35(44)34-38(2,3)30-48-40(6,7)49-34/h31-34H,8-30H2,1-7H3,(H,41,44)(H,45,46)(H2,42,43,47). The number of carboxylic acids is 1. The molecule has 1 saturated carbocycles. The molecule has 4 N–H and O–H groups in total. The van der Waals surface area contributed by atoms with Crippen LogP contribution in [0, 0.1) is 17.3 Å². The van der Waals surface area contributed by atoms with Gasteiger partial charge in [-0.25, -0.2) is 4.79 Å². The van der Waals surface area contributed by atoms with Gasteiger partial charge in [-0.2, -0.15) is 0 Å². The number of rotatable bonds is 23. The second-order valence-corrected chi connectivity index (χ2v) is 17.0. The Labute approximate surface area is 299 Å². The van der Waals surface area contributed by atoms with Gasteiger partial charge < -0.3 is 30.5 Å². The highest BCUT2D eigenvalue weighted by atomic mass is 16.7. The molecule has 0 aromatic carbocycles. The van der Waals surface area contributed by atoms with Gasteiger partial charge >= 0.3 is 12.0 Å². The first kappa shape index (κ1) is 43.3. The third-order valence-electron chi connectivity index (χ3n) is 10.7. The molecule has 3 amide bonds. The fourth-order valence-electron chi connectivity index (χ4n) is 7.56. The molecule has 0 bridgehead atoms. The molecule has 286 valence electrons. The Balaban J connectivity index is 1.75. The predicted octanol–water partition coefficient (Wildman–Crippen LogP) is 9.27. The molecule has 1 saturated heterocycles. The normalized spacial score (nSPS) is 22.9. The maximum absolute atomic E-state index is 13.3. The molecule has 1 heterocycles. The number of urea groups is 1. The van der Waals surface area contributed by atoms with Crippen molar-refractivity contribution in [3.8, 4) is 0 Å². The molecule has 2 rings (SSSR count). The number of aliphatic carboxylic acids is 1. The largest absolute Gasteiger partial charge is 0.481 e. The Morgan fingerprint density at radius 3 is 1.88 bits per heavy atom. The van der Waals surface area contributed by atoms with Crippen molar-refractivity contribution in [3.63, 3.8) is 0 Å². The zero-order valence-corrected chi connectivity index (χ0v) is 32.6. The second kappa shape index (κ2) is 22.1. The van der Waals surface area contributed by atoms with Gasteiger partial charge in [0.2, 0.25) is 5.91 Å². The summed E-state index contributed by atoms with van der Waals surface area (Å²) >= 11 is 0. The van der Waals surface area contributed by atoms with E-state index in [1.165, 1.54) is 89.9 Å². The van der Waals surface area contributed by atoms with E-state index in [2.05, 4.69) is 36.7 Å². The van der Waals surface area contributed by atoms with Gasteiger partial charge in [0.05, 0.1) is 12.5 Å². The molecule has 49 heavy (non-hydrogen) atoms. The van der Waals surface area contributed by atoms with Gasteiger partial charge in [0.25, 0.3) is 0 Å². The van der Waals surface area contributed by atoms with E-state index in [1.54, 1.807) is 13.8 Å². The number of amides is 3. The number of hydrogen-bond donors (Lipinski definition) is 4. The fourth-order valence-corrected chi connectivity index (χ4v) is 7.56. The van der Waals surface area contributed by atoms with Crippen molar-refractivity contribution in [2.45, 2.75) is 207 Å². The minimum atomic E-state index is -0.958. The molecule has 2 aliphatic rings. The van der Waals surface area contributed by atoms with Crippen LogP contribution in [0.4, 0.5) is 4.79 Å². The molecule has 2 fully saturated rings. The van der Waals surface area contributed by atoms with E-state index in [4.69, 9.17) is 9.47 Å². The average molecular weight is 694 g/mol. The van der Waals surface area contributed by atoms with Crippen molar-refractivity contribution < 1.29 is 29.0 Å². The Morgan fingerprint density at radius 1 is 0.796 bits per heavy atom. The molecule has 4 unspecified atom stereocenters. The van der Waals surface area contributed by atoms with Crippen LogP contribution >= 0.6 is 0 Å². The van der Waals surface area contributed by atoms with Crippen LogP contribution in [0.1, 0.15) is 183 Å². The average Bonchev–Trinajstić information content (AvgIpc) is 3.25. The molecule has 0 spiro atoms. The van der Waals surface area contributed by atoms with Crippen LogP contribution in [0.2, 0.25) is 0 Å². The lowest BCUT2D eigenvalue weighted by molar-refractivity contribution is -0.304. The molecule has 0 aromatic rings. The first-order valence-electron chi connectivity index (χ1n) is 20.1. The lowest BCUT2D eigenvalue weighted by atomic mass is 9.81. The molecular weight excluding hydrogens is 618 g/mol. The quantitative estimate of drug-likeness (QED) is 0.0624. The van der Waals surface area contributed by atoms with Crippen molar-refractivity contribution in [1.29, 1.82) is 0 Å². The topological polar surface area (TPSA) is 126 Å². The molecule has 9 heteroatoms. The van der Waals surface area contributed by atoms with E-state index in [0.29, 0.717) is 13.0 Å². The molecule has 0 radical (unpaired) electrons. The number of ether oxygens (including phenoxy) is 2. The smallest absolute Gasteiger partial charge is 0.315 e. The summed E-state index contributed by atoms with van der Waals surface area (Å²) in [7, 11) is 0. The minimum Gasteiger partial charge on any atom is -0.481 e. The second-order valence-electron chi connectivity index (χ2n) is 17.0. The molecule has 1 aliphatic heterocycles. The summed E-state index contributed by atoms with van der Waals surface area (Å²) in [6.45, 7) is 14.1. The summed E-state index contributed by atoms with van der Waals surface area (Å²) < 4.78 is 11.7. The Morgan fingerprint density at radius 2 is 1.33 bits per heavy atom. The van der Waals surface area contributed by atoms with Gasteiger partial charge in [-0.3, -0.25) is 9.59 Å². The van der Waals surface area contributed by atoms with Gasteiger partial charge in [0.15, 0.2) is 5.79 Å². The molecular formula is C40H75N3O6. The van der Waals surface area contributed by atoms with E-state index in [1.807, 2.05) is 13.8 Å². The lowest BCUT2D eigenvalue weighted by Gasteiger charge is -2.44. The number of unbranched alkanes of at least 4 members (excludes halogenated alkanes) is 14. The van der Waals surface area contributed by atoms with E-state index < -0.39 is 29.2 Å². The first-order valence-corrected chi connectivity index (χ1v) is 20.1. The van der Waals surface area contributed by atoms with Crippen LogP contribution in [0.15, 0.2) is 0 Å². The number of carbonyl (C=O) groups excluding carboxylic acids is 2. The molecule has 9 nitrogen and oxygen atoms in total. The lowest BCUT2D eigenvalue weighted by Crippen LogP contribution is -2.58. The van der Waals surface area contributed by atoms with Crippen LogP contribution in [-0.4, -0.2) is 59.6 Å². The Bertz CT molecular complexity index is 968. The van der Waals surface area contributed by atoms with Gasteiger partial charge in [0.1, 0.15) is 6.10 Å². The van der Waals surface area contributed by atoms with Crippen LogP contribution in [0.25, 0.3) is 0 Å². The predicted molar refractivity (Wildman–Crippen MR) is 198 cm³/mol. The summed E-state index contributed by atoms with van der Waals surface area (Å²) in [6, 6.07) is -0.521. The van der Waals surface area contributed by atoms with E-state index >= 15 is 0 Å². The third kappa shape index (κ3) is 17.3. The van der Waals surface area contributed by atoms with E-state index in [0.717, 1.165) is 38.5 Å². The van der Waals surface area contributed by atoms with Crippen LogP contribution in [-0.2, 0) is 19.1 Å². The van der Waals surface area contributed by atoms with E-state index in [-0.39, 0.29) is 36.0 Å². The van der Waals surface area contributed by atoms with Crippen LogP contribution < -0.4 is 16.0 Å².